The Morgan fingerprint density at radius 1 is 0.783 bits per heavy atom. The van der Waals surface area contributed by atoms with E-state index in [4.69, 9.17) is 0 Å². The van der Waals surface area contributed by atoms with Crippen molar-refractivity contribution in [2.45, 2.75) is 189 Å². The monoisotopic (exact) mass is 827 g/mol. The van der Waals surface area contributed by atoms with Crippen LogP contribution in [0.2, 0.25) is 0 Å². The maximum absolute atomic E-state index is 4.64. The van der Waals surface area contributed by atoms with E-state index in [0.717, 1.165) is 35.7 Å². The van der Waals surface area contributed by atoms with Crippen molar-refractivity contribution in [1.82, 2.24) is 0 Å². The Morgan fingerprint density at radius 2 is 1.18 bits per heavy atom. The van der Waals surface area contributed by atoms with Crippen LogP contribution < -0.4 is 0 Å². The molecule has 3 aliphatic rings. The highest BCUT2D eigenvalue weighted by Gasteiger charge is 2.67. The summed E-state index contributed by atoms with van der Waals surface area (Å²) in [6.07, 6.45) is 13.1. The first-order chi connectivity index (χ1) is 27.7. The quantitative estimate of drug-likeness (QED) is 0.154. The standard InChI is InChI=1S/C24H32.C11H20.C8H18.3C4H8.C3H8.C2H4/c1-14(2)22-20(13-21-23(22)24(21,5)6)16(4)15(3)19-11-17-9-7-8-10-18(17)12-19;1-6-7-8-10(4)11(5)9(2)3;1-6-7(2)8(3,4)5;2*1-4(2)3;1-3-4-2;1-3-2;1-2/h7-10,15,19-23H,1,4,11-13H2,2-3,5-6H3;10H,2,5-8H2,1,3-4H3;7H,6H2,1-5H3;2*1H2,2-3H3;3H,1,4H2,2H3;3H2,1-2H3;1-2H2. The normalized spacial score (nSPS) is 19.9. The molecular formula is C60H106. The molecule has 0 heteroatoms. The van der Waals surface area contributed by atoms with Crippen molar-refractivity contribution < 1.29 is 0 Å². The predicted octanol–water partition coefficient (Wildman–Crippen LogP) is 20.1. The van der Waals surface area contributed by atoms with Crippen LogP contribution in [0.3, 0.4) is 0 Å². The molecule has 0 bridgehead atoms. The lowest BCUT2D eigenvalue weighted by atomic mass is 9.71. The van der Waals surface area contributed by atoms with Gasteiger partial charge in [0, 0.05) is 0 Å². The van der Waals surface area contributed by atoms with Crippen LogP contribution in [0, 0.1) is 58.2 Å². The molecule has 0 saturated heterocycles. The Morgan fingerprint density at radius 3 is 1.47 bits per heavy atom. The Labute approximate surface area is 380 Å². The van der Waals surface area contributed by atoms with Crippen LogP contribution in [-0.2, 0) is 12.8 Å². The summed E-state index contributed by atoms with van der Waals surface area (Å²) in [5, 5.41) is 0. The van der Waals surface area contributed by atoms with E-state index >= 15 is 0 Å². The highest BCUT2D eigenvalue weighted by atomic mass is 14.7. The summed E-state index contributed by atoms with van der Waals surface area (Å²) in [6, 6.07) is 9.00. The van der Waals surface area contributed by atoms with Crippen LogP contribution in [0.25, 0.3) is 0 Å². The molecule has 2 fully saturated rings. The predicted molar refractivity (Wildman–Crippen MR) is 283 cm³/mol. The summed E-state index contributed by atoms with van der Waals surface area (Å²) < 4.78 is 0. The number of unbranched alkanes of at least 4 members (excludes halogenated alkanes) is 1. The summed E-state index contributed by atoms with van der Waals surface area (Å²) in [6.45, 7) is 75.2. The minimum absolute atomic E-state index is 0.509. The second-order valence-corrected chi connectivity index (χ2v) is 20.3. The molecular weight excluding hydrogens is 721 g/mol. The van der Waals surface area contributed by atoms with Gasteiger partial charge in [-0.3, -0.25) is 0 Å². The molecule has 0 radical (unpaired) electrons. The highest BCUT2D eigenvalue weighted by Crippen LogP contribution is 2.73. The second kappa shape index (κ2) is 33.7. The average molecular weight is 828 g/mol. The molecule has 1 aromatic carbocycles. The fourth-order valence-electron chi connectivity index (χ4n) is 7.96. The first-order valence-electron chi connectivity index (χ1n) is 23.8. The zero-order valence-corrected chi connectivity index (χ0v) is 44.2. The van der Waals surface area contributed by atoms with Crippen LogP contribution in [0.1, 0.15) is 188 Å². The second-order valence-electron chi connectivity index (χ2n) is 20.3. The van der Waals surface area contributed by atoms with Gasteiger partial charge in [0.1, 0.15) is 0 Å². The van der Waals surface area contributed by atoms with Gasteiger partial charge < -0.3 is 0 Å². The van der Waals surface area contributed by atoms with E-state index in [-0.39, 0.29) is 0 Å². The third-order valence-electron chi connectivity index (χ3n) is 12.4. The topological polar surface area (TPSA) is 0 Å². The molecule has 0 nitrogen and oxygen atoms in total. The van der Waals surface area contributed by atoms with E-state index in [1.165, 1.54) is 79.2 Å². The zero-order chi connectivity index (χ0) is 48.1. The van der Waals surface area contributed by atoms with Crippen molar-refractivity contribution in [3.05, 3.63) is 134 Å². The highest BCUT2D eigenvalue weighted by molar-refractivity contribution is 5.34. The Hall–Kier alpha value is -2.86. The van der Waals surface area contributed by atoms with E-state index in [2.05, 4.69) is 180 Å². The van der Waals surface area contributed by atoms with Gasteiger partial charge in [-0.25, -0.2) is 0 Å². The Balaban J connectivity index is -0.000000364. The first kappa shape index (κ1) is 63.8. The van der Waals surface area contributed by atoms with Crippen molar-refractivity contribution in [2.75, 3.05) is 0 Å². The molecule has 4 rings (SSSR count). The van der Waals surface area contributed by atoms with Crippen LogP contribution in [-0.4, -0.2) is 0 Å². The summed E-state index contributed by atoms with van der Waals surface area (Å²) >= 11 is 0. The van der Waals surface area contributed by atoms with E-state index in [1.54, 1.807) is 11.1 Å². The molecule has 0 N–H and O–H groups in total. The Bertz CT molecular complexity index is 1340. The molecule has 7 atom stereocenters. The van der Waals surface area contributed by atoms with Crippen molar-refractivity contribution in [3.8, 4) is 0 Å². The lowest BCUT2D eigenvalue weighted by Crippen LogP contribution is -2.25. The number of benzene rings is 1. The zero-order valence-electron chi connectivity index (χ0n) is 44.2. The molecule has 0 aromatic heterocycles. The molecule has 1 aromatic rings. The molecule has 346 valence electrons. The molecule has 0 aliphatic heterocycles. The number of hydrogen-bond acceptors (Lipinski definition) is 0. The van der Waals surface area contributed by atoms with Crippen molar-refractivity contribution in [2.24, 2.45) is 58.2 Å². The summed E-state index contributed by atoms with van der Waals surface area (Å²) in [4.78, 5) is 0. The van der Waals surface area contributed by atoms with Crippen LogP contribution >= 0.6 is 0 Å². The fraction of sp³-hybridized carbons (Fsp3) is 0.633. The summed E-state index contributed by atoms with van der Waals surface area (Å²) in [5.74, 6) is 5.91. The van der Waals surface area contributed by atoms with Gasteiger partial charge in [0.05, 0.1) is 0 Å². The van der Waals surface area contributed by atoms with Gasteiger partial charge in [-0.05, 0) is 143 Å². The van der Waals surface area contributed by atoms with Gasteiger partial charge in [0.2, 0.25) is 0 Å². The van der Waals surface area contributed by atoms with Crippen LogP contribution in [0.5, 0.6) is 0 Å². The van der Waals surface area contributed by atoms with Gasteiger partial charge in [-0.15, -0.1) is 32.9 Å². The summed E-state index contributed by atoms with van der Waals surface area (Å²) in [7, 11) is 0. The first-order valence-corrected chi connectivity index (χ1v) is 23.8. The van der Waals surface area contributed by atoms with Crippen molar-refractivity contribution in [3.63, 3.8) is 0 Å². The van der Waals surface area contributed by atoms with Gasteiger partial charge in [-0.1, -0.05) is 206 Å². The SMILES string of the molecule is C=C.C=C(C(C)C1Cc2ccccc2C1)C1CC2C(C1C(=C)C)C2(C)C.C=C(C)C.C=C(C)C.C=C(C)C(=C)C(C)CCCC.C=CCC.CCC.CCC(C)C(C)(C)C. The van der Waals surface area contributed by atoms with Gasteiger partial charge in [-0.2, -0.15) is 0 Å². The number of rotatable bonds is 11. The van der Waals surface area contributed by atoms with E-state index in [0.29, 0.717) is 34.5 Å². The minimum atomic E-state index is 0.509. The largest absolute Gasteiger partial charge is 0.106 e. The molecule has 60 heavy (non-hydrogen) atoms. The van der Waals surface area contributed by atoms with E-state index in [1.807, 2.05) is 40.7 Å². The van der Waals surface area contributed by atoms with Gasteiger partial charge in [0.15, 0.2) is 0 Å². The summed E-state index contributed by atoms with van der Waals surface area (Å²) in [5.41, 5.74) is 11.8. The lowest BCUT2D eigenvalue weighted by Gasteiger charge is -2.33. The number of allylic oxidation sites excluding steroid dienone is 7. The van der Waals surface area contributed by atoms with Crippen molar-refractivity contribution in [1.29, 1.82) is 0 Å². The molecule has 3 aliphatic carbocycles. The van der Waals surface area contributed by atoms with Gasteiger partial charge in [0.25, 0.3) is 0 Å². The maximum Gasteiger partial charge on any atom is -0.0107 e. The molecule has 0 spiro atoms. The average Bonchev–Trinajstić information content (AvgIpc) is 3.53. The van der Waals surface area contributed by atoms with Gasteiger partial charge >= 0.3 is 0 Å². The molecule has 0 amide bonds. The third kappa shape index (κ3) is 25.8. The lowest BCUT2D eigenvalue weighted by molar-refractivity contribution is 0.254. The third-order valence-corrected chi connectivity index (χ3v) is 12.4. The minimum Gasteiger partial charge on any atom is -0.106 e. The van der Waals surface area contributed by atoms with Crippen molar-refractivity contribution >= 4 is 0 Å². The van der Waals surface area contributed by atoms with E-state index < -0.39 is 0 Å². The number of hydrogen-bond donors (Lipinski definition) is 0. The molecule has 7 unspecified atom stereocenters. The van der Waals surface area contributed by atoms with Crippen LogP contribution in [0.15, 0.2) is 123 Å². The fourth-order valence-corrected chi connectivity index (χ4v) is 7.96. The molecule has 0 heterocycles. The van der Waals surface area contributed by atoms with Crippen LogP contribution in [0.4, 0.5) is 0 Å². The smallest absolute Gasteiger partial charge is 0.0107 e. The number of fused-ring (bicyclic) bond motifs is 2. The molecule has 2 saturated carbocycles. The maximum atomic E-state index is 4.64. The van der Waals surface area contributed by atoms with E-state index in [9.17, 15) is 0 Å². The Kier molecular flexibility index (Phi) is 35.8.